The van der Waals surface area contributed by atoms with Gasteiger partial charge in [-0.05, 0) is 23.8 Å². The van der Waals surface area contributed by atoms with Crippen LogP contribution in [0.2, 0.25) is 0 Å². The van der Waals surface area contributed by atoms with Gasteiger partial charge in [-0.2, -0.15) is 0 Å². The molecule has 20 heavy (non-hydrogen) atoms. The first kappa shape index (κ1) is 13.9. The van der Waals surface area contributed by atoms with Crippen molar-refractivity contribution in [3.8, 4) is 11.5 Å². The zero-order valence-electron chi connectivity index (χ0n) is 11.0. The largest absolute Gasteiger partial charge is 0.481 e. The number of hydrogen-bond donors (Lipinski definition) is 1. The number of likely N-dealkylation sites (N-methyl/N-ethyl adjacent to an activating group) is 1. The smallest absolute Gasteiger partial charge is 0.305 e. The quantitative estimate of drug-likeness (QED) is 0.822. The minimum Gasteiger partial charge on any atom is -0.481 e. The maximum Gasteiger partial charge on any atom is 0.305 e. The van der Waals surface area contributed by atoms with Crippen LogP contribution in [0.3, 0.4) is 0 Å². The highest BCUT2D eigenvalue weighted by atomic mass is 16.7. The van der Waals surface area contributed by atoms with Crippen LogP contribution in [0, 0.1) is 0 Å². The predicted octanol–water partition coefficient (Wildman–Crippen LogP) is 1.36. The van der Waals surface area contributed by atoms with Gasteiger partial charge in [-0.3, -0.25) is 9.59 Å². The van der Waals surface area contributed by atoms with Crippen LogP contribution in [-0.2, 0) is 9.59 Å². The third kappa shape index (κ3) is 3.50. The molecule has 1 aromatic rings. The van der Waals surface area contributed by atoms with Gasteiger partial charge in [0.25, 0.3) is 0 Å². The molecule has 0 atom stereocenters. The third-order valence-electron chi connectivity index (χ3n) is 2.85. The van der Waals surface area contributed by atoms with Crippen molar-refractivity contribution < 1.29 is 24.2 Å². The fraction of sp³-hybridized carbons (Fsp3) is 0.286. The highest BCUT2D eigenvalue weighted by Gasteiger charge is 2.12. The van der Waals surface area contributed by atoms with Gasteiger partial charge in [0, 0.05) is 19.7 Å². The fourth-order valence-electron chi connectivity index (χ4n) is 1.69. The molecule has 0 bridgehead atoms. The summed E-state index contributed by atoms with van der Waals surface area (Å²) in [5.74, 6) is 0.166. The molecule has 0 aromatic heterocycles. The predicted molar refractivity (Wildman–Crippen MR) is 71.5 cm³/mol. The summed E-state index contributed by atoms with van der Waals surface area (Å²) in [6.45, 7) is 0.388. The summed E-state index contributed by atoms with van der Waals surface area (Å²) in [6, 6.07) is 5.37. The van der Waals surface area contributed by atoms with E-state index in [9.17, 15) is 9.59 Å². The SMILES string of the molecule is CN(CCC(=O)O)C(=O)C=Cc1ccc2c(c1)OCO2. The Morgan fingerprint density at radius 1 is 1.35 bits per heavy atom. The minimum absolute atomic E-state index is 0.0693. The van der Waals surface area contributed by atoms with E-state index in [1.54, 1.807) is 25.3 Å². The van der Waals surface area contributed by atoms with Crippen LogP contribution in [0.25, 0.3) is 6.08 Å². The second kappa shape index (κ2) is 6.10. The van der Waals surface area contributed by atoms with E-state index in [4.69, 9.17) is 14.6 Å². The van der Waals surface area contributed by atoms with Crippen LogP contribution in [0.4, 0.5) is 0 Å². The van der Waals surface area contributed by atoms with Crippen LogP contribution in [0.1, 0.15) is 12.0 Å². The van der Waals surface area contributed by atoms with E-state index in [0.29, 0.717) is 11.5 Å². The molecular formula is C14H15NO5. The summed E-state index contributed by atoms with van der Waals surface area (Å²) >= 11 is 0. The van der Waals surface area contributed by atoms with Gasteiger partial charge in [-0.15, -0.1) is 0 Å². The molecule has 0 unspecified atom stereocenters. The maximum atomic E-state index is 11.8. The summed E-state index contributed by atoms with van der Waals surface area (Å²) in [5.41, 5.74) is 0.814. The Hall–Kier alpha value is -2.50. The number of amides is 1. The number of aliphatic carboxylic acids is 1. The zero-order chi connectivity index (χ0) is 14.5. The van der Waals surface area contributed by atoms with Gasteiger partial charge in [-0.1, -0.05) is 6.07 Å². The molecule has 1 aliphatic rings. The first-order valence-corrected chi connectivity index (χ1v) is 6.11. The van der Waals surface area contributed by atoms with Crippen molar-refractivity contribution in [2.75, 3.05) is 20.4 Å². The number of carboxylic acids is 1. The van der Waals surface area contributed by atoms with E-state index in [2.05, 4.69) is 0 Å². The second-order valence-electron chi connectivity index (χ2n) is 4.35. The first-order chi connectivity index (χ1) is 9.56. The summed E-state index contributed by atoms with van der Waals surface area (Å²) in [4.78, 5) is 23.5. The van der Waals surface area contributed by atoms with Gasteiger partial charge in [-0.25, -0.2) is 0 Å². The molecule has 6 heteroatoms. The van der Waals surface area contributed by atoms with Gasteiger partial charge in [0.05, 0.1) is 6.42 Å². The summed E-state index contributed by atoms with van der Waals surface area (Å²) in [5, 5.41) is 8.56. The Morgan fingerprint density at radius 3 is 2.85 bits per heavy atom. The fourth-order valence-corrected chi connectivity index (χ4v) is 1.69. The second-order valence-corrected chi connectivity index (χ2v) is 4.35. The van der Waals surface area contributed by atoms with E-state index in [1.165, 1.54) is 11.0 Å². The molecule has 0 fully saturated rings. The van der Waals surface area contributed by atoms with Crippen LogP contribution in [0.5, 0.6) is 11.5 Å². The molecule has 6 nitrogen and oxygen atoms in total. The number of benzene rings is 1. The monoisotopic (exact) mass is 277 g/mol. The lowest BCUT2D eigenvalue weighted by molar-refractivity contribution is -0.137. The van der Waals surface area contributed by atoms with Crippen molar-refractivity contribution in [3.63, 3.8) is 0 Å². The Balaban J connectivity index is 1.95. The third-order valence-corrected chi connectivity index (χ3v) is 2.85. The number of nitrogens with zero attached hydrogens (tertiary/aromatic N) is 1. The van der Waals surface area contributed by atoms with Gasteiger partial charge in [0.15, 0.2) is 11.5 Å². The van der Waals surface area contributed by atoms with Crippen LogP contribution in [0.15, 0.2) is 24.3 Å². The van der Waals surface area contributed by atoms with Crippen LogP contribution in [-0.4, -0.2) is 42.3 Å². The molecule has 0 aliphatic carbocycles. The lowest BCUT2D eigenvalue weighted by Crippen LogP contribution is -2.27. The summed E-state index contributed by atoms with van der Waals surface area (Å²) in [7, 11) is 1.56. The molecule has 0 radical (unpaired) electrons. The van der Waals surface area contributed by atoms with Gasteiger partial charge >= 0.3 is 5.97 Å². The highest BCUT2D eigenvalue weighted by Crippen LogP contribution is 2.32. The number of fused-ring (bicyclic) bond motifs is 1. The number of carboxylic acid groups (broad SMARTS) is 1. The zero-order valence-corrected chi connectivity index (χ0v) is 11.0. The topological polar surface area (TPSA) is 76.1 Å². The molecule has 0 saturated heterocycles. The lowest BCUT2D eigenvalue weighted by Gasteiger charge is -2.13. The van der Waals surface area contributed by atoms with Crippen LogP contribution >= 0.6 is 0 Å². The number of hydrogen-bond acceptors (Lipinski definition) is 4. The molecule has 1 heterocycles. The molecule has 1 aromatic carbocycles. The molecule has 1 amide bonds. The minimum atomic E-state index is -0.926. The molecular weight excluding hydrogens is 262 g/mol. The normalized spacial score (nSPS) is 12.7. The number of rotatable bonds is 5. The standard InChI is InChI=1S/C14H15NO5/c1-15(7-6-14(17)18)13(16)5-3-10-2-4-11-12(8-10)20-9-19-11/h2-5,8H,6-7,9H2,1H3,(H,17,18). The Kier molecular flexibility index (Phi) is 4.24. The molecule has 1 N–H and O–H groups in total. The van der Waals surface area contributed by atoms with E-state index < -0.39 is 5.97 Å². The molecule has 0 saturated carbocycles. The van der Waals surface area contributed by atoms with Crippen molar-refractivity contribution >= 4 is 18.0 Å². The van der Waals surface area contributed by atoms with Crippen molar-refractivity contribution in [1.29, 1.82) is 0 Å². The maximum absolute atomic E-state index is 11.8. The molecule has 0 spiro atoms. The Bertz CT molecular complexity index is 552. The highest BCUT2D eigenvalue weighted by molar-refractivity contribution is 5.91. The van der Waals surface area contributed by atoms with E-state index >= 15 is 0 Å². The van der Waals surface area contributed by atoms with E-state index in [-0.39, 0.29) is 25.7 Å². The molecule has 1 aliphatic heterocycles. The van der Waals surface area contributed by atoms with Gasteiger partial charge in [0.1, 0.15) is 0 Å². The lowest BCUT2D eigenvalue weighted by atomic mass is 10.2. The number of carbonyl (C=O) groups is 2. The first-order valence-electron chi connectivity index (χ1n) is 6.11. The average Bonchev–Trinajstić information content (AvgIpc) is 2.89. The number of carbonyl (C=O) groups excluding carboxylic acids is 1. The van der Waals surface area contributed by atoms with E-state index in [1.807, 2.05) is 6.07 Å². The molecule has 2 rings (SSSR count). The van der Waals surface area contributed by atoms with Crippen molar-refractivity contribution in [2.45, 2.75) is 6.42 Å². The van der Waals surface area contributed by atoms with Gasteiger partial charge in [0.2, 0.25) is 12.7 Å². The Morgan fingerprint density at radius 2 is 2.10 bits per heavy atom. The average molecular weight is 277 g/mol. The number of ether oxygens (including phenoxy) is 2. The van der Waals surface area contributed by atoms with Crippen LogP contribution < -0.4 is 9.47 Å². The van der Waals surface area contributed by atoms with Crippen molar-refractivity contribution in [2.24, 2.45) is 0 Å². The molecule has 106 valence electrons. The Labute approximate surface area is 116 Å². The van der Waals surface area contributed by atoms with E-state index in [0.717, 1.165) is 5.56 Å². The summed E-state index contributed by atoms with van der Waals surface area (Å²) < 4.78 is 10.4. The van der Waals surface area contributed by atoms with Crippen molar-refractivity contribution in [3.05, 3.63) is 29.8 Å². The van der Waals surface area contributed by atoms with Crippen molar-refractivity contribution in [1.82, 2.24) is 4.90 Å². The van der Waals surface area contributed by atoms with Gasteiger partial charge < -0.3 is 19.5 Å². The summed E-state index contributed by atoms with van der Waals surface area (Å²) in [6.07, 6.45) is 2.99.